The molecule has 0 aliphatic carbocycles. The van der Waals surface area contributed by atoms with E-state index in [4.69, 9.17) is 40.1 Å². The number of rotatable bonds is 53. The van der Waals surface area contributed by atoms with Crippen LogP contribution in [0.3, 0.4) is 0 Å². The number of carbonyl (C=O) groups is 14. The number of aliphatic imine (C=N–C) groups is 1. The van der Waals surface area contributed by atoms with Gasteiger partial charge < -0.3 is 124 Å². The molecule has 40 nitrogen and oxygen atoms in total. The number of phosphoric ester groups is 1. The molecule has 0 rings (SSSR count). The molecule has 0 aromatic carbocycles. The summed E-state index contributed by atoms with van der Waals surface area (Å²) in [5.41, 5.74) is 39.6. The summed E-state index contributed by atoms with van der Waals surface area (Å²) in [6.45, 7) is 11.8. The third-order valence-corrected chi connectivity index (χ3v) is 15.9. The van der Waals surface area contributed by atoms with Crippen molar-refractivity contribution in [2.45, 2.75) is 237 Å². The van der Waals surface area contributed by atoms with Crippen molar-refractivity contribution in [1.82, 2.24) is 63.8 Å². The van der Waals surface area contributed by atoms with Crippen LogP contribution >= 0.6 is 7.82 Å². The van der Waals surface area contributed by atoms with Crippen molar-refractivity contribution >= 4 is 96.5 Å². The number of nitrogens with two attached hydrogens (primary N) is 7. The molecular formula is C61H115N20O20P. The van der Waals surface area contributed by atoms with E-state index in [1.54, 1.807) is 27.7 Å². The number of nitrogens with one attached hydrogen (secondary N) is 12. The number of aliphatic hydroxyl groups is 1. The quantitative estimate of drug-likeness (QED) is 0.0116. The van der Waals surface area contributed by atoms with Gasteiger partial charge in [-0.1, -0.05) is 48.0 Å². The zero-order valence-electron chi connectivity index (χ0n) is 59.8. The van der Waals surface area contributed by atoms with Crippen molar-refractivity contribution in [3.63, 3.8) is 0 Å². The Morgan fingerprint density at radius 1 is 0.412 bits per heavy atom. The van der Waals surface area contributed by atoms with E-state index in [1.165, 1.54) is 34.6 Å². The number of aliphatic hydroxyl groups excluding tert-OH is 1. The number of amides is 13. The fraction of sp³-hybridized carbons (Fsp3) is 0.754. The second kappa shape index (κ2) is 49.4. The second-order valence-corrected chi connectivity index (χ2v) is 27.1. The molecular weight excluding hydrogens is 1360 g/mol. The molecule has 0 saturated carbocycles. The van der Waals surface area contributed by atoms with Crippen molar-refractivity contribution in [3.8, 4) is 0 Å². The standard InChI is InChI=1S/C61H115N20O20P/c1-31(2)27-42(77-49(85)35(8)70-51(87)38(18-11-14-24-63)74-52(88)39(19-12-15-25-64)73-50(86)37(65)17-10-13-23-62)55(91)79-44(29-82)57(93)75-40(20-16-26-69-61(67)68)53(89)76-41(21-22-46(66)83)54(90)78-43(28-32(3)4)56(92)80-45(30-101-102(98,99)100)58(94)81-47(33(5)6)59(95)71-34(7)48(84)72-36(9)60(96)97/h31-45,47,82H,10-30,62-65H2,1-9H3,(H2,66,83)(H,70,87)(H,71,95)(H,72,84)(H,73,86)(H,74,88)(H,75,93)(H,76,89)(H,77,85)(H,78,90)(H,79,91)(H,80,92)(H,81,94)(H,96,97)(H4,67,68,69)(H2,98,99,100)/t34-,35-,36-,37-,38-,39-,40-,41-,42-,43-,44-,45-,47-/m0/s1. The summed E-state index contributed by atoms with van der Waals surface area (Å²) in [7, 11) is -5.39. The largest absolute Gasteiger partial charge is 0.480 e. The van der Waals surface area contributed by atoms with E-state index >= 15 is 0 Å². The number of aliphatic carboxylic acids is 1. The third-order valence-electron chi connectivity index (χ3n) is 15.4. The monoisotopic (exact) mass is 1480 g/mol. The predicted octanol–water partition coefficient (Wildman–Crippen LogP) is -7.17. The second-order valence-electron chi connectivity index (χ2n) is 25.9. The topological polar surface area (TPSA) is 685 Å². The minimum Gasteiger partial charge on any atom is -0.480 e. The maximum absolute atomic E-state index is 14.4. The first kappa shape index (κ1) is 93.8. The van der Waals surface area contributed by atoms with E-state index < -0.39 is 207 Å². The van der Waals surface area contributed by atoms with Crippen molar-refractivity contribution in [2.75, 3.05) is 39.4 Å². The van der Waals surface area contributed by atoms with Gasteiger partial charge in [0.05, 0.1) is 19.3 Å². The number of carbonyl (C=O) groups excluding carboxylic acids is 13. The number of unbranched alkanes of at least 4 members (excludes halogenated alkanes) is 3. The Morgan fingerprint density at radius 2 is 0.755 bits per heavy atom. The van der Waals surface area contributed by atoms with Gasteiger partial charge in [-0.25, -0.2) is 4.57 Å². The van der Waals surface area contributed by atoms with Gasteiger partial charge in [-0.05, 0) is 142 Å². The summed E-state index contributed by atoms with van der Waals surface area (Å²) in [5, 5.41) is 48.9. The molecule has 0 aliphatic heterocycles. The lowest BCUT2D eigenvalue weighted by atomic mass is 10.0. The van der Waals surface area contributed by atoms with Crippen LogP contribution in [0, 0.1) is 17.8 Å². The molecule has 0 aliphatic rings. The Labute approximate surface area is 594 Å². The average molecular weight is 1480 g/mol. The van der Waals surface area contributed by atoms with E-state index in [0.717, 1.165) is 0 Å². The minimum absolute atomic E-state index is 0.0497. The van der Waals surface area contributed by atoms with E-state index in [9.17, 15) is 91.7 Å². The lowest BCUT2D eigenvalue weighted by Gasteiger charge is -2.29. The van der Waals surface area contributed by atoms with Gasteiger partial charge in [0, 0.05) is 13.0 Å². The molecule has 0 saturated heterocycles. The first-order valence-electron chi connectivity index (χ1n) is 34.0. The normalized spacial score (nSPS) is 15.2. The first-order valence-corrected chi connectivity index (χ1v) is 35.5. The van der Waals surface area contributed by atoms with Crippen LogP contribution in [0.15, 0.2) is 4.99 Å². The number of guanidine groups is 1. The fourth-order valence-electron chi connectivity index (χ4n) is 9.59. The highest BCUT2D eigenvalue weighted by atomic mass is 31.2. The molecule has 0 fully saturated rings. The lowest BCUT2D eigenvalue weighted by molar-refractivity contribution is -0.141. The highest BCUT2D eigenvalue weighted by Gasteiger charge is 2.38. The number of hydrogen-bond donors (Lipinski definition) is 23. The van der Waals surface area contributed by atoms with Crippen LogP contribution in [-0.2, 0) is 76.2 Å². The minimum atomic E-state index is -5.39. The molecule has 102 heavy (non-hydrogen) atoms. The summed E-state index contributed by atoms with van der Waals surface area (Å²) in [4.78, 5) is 212. The highest BCUT2D eigenvalue weighted by Crippen LogP contribution is 2.35. The summed E-state index contributed by atoms with van der Waals surface area (Å²) < 4.78 is 16.5. The van der Waals surface area contributed by atoms with Gasteiger partial charge in [0.1, 0.15) is 72.5 Å². The molecule has 0 bridgehead atoms. The van der Waals surface area contributed by atoms with Gasteiger partial charge >= 0.3 is 13.8 Å². The Hall–Kier alpha value is -8.24. The summed E-state index contributed by atoms with van der Waals surface area (Å²) in [6, 6.07) is -19.3. The van der Waals surface area contributed by atoms with Crippen molar-refractivity contribution < 1.29 is 96.2 Å². The van der Waals surface area contributed by atoms with Gasteiger partial charge in [0.25, 0.3) is 0 Å². The zero-order valence-corrected chi connectivity index (χ0v) is 60.7. The smallest absolute Gasteiger partial charge is 0.469 e. The number of carboxylic acid groups (broad SMARTS) is 1. The fourth-order valence-corrected chi connectivity index (χ4v) is 9.93. The molecule has 0 heterocycles. The van der Waals surface area contributed by atoms with E-state index in [1.807, 2.05) is 0 Å². The molecule has 0 spiro atoms. The van der Waals surface area contributed by atoms with Gasteiger partial charge in [-0.3, -0.25) is 76.6 Å². The van der Waals surface area contributed by atoms with Gasteiger partial charge in [0.2, 0.25) is 76.8 Å². The maximum Gasteiger partial charge on any atom is 0.469 e. The van der Waals surface area contributed by atoms with Crippen LogP contribution in [0.1, 0.15) is 159 Å². The number of hydrogen-bond acceptors (Lipinski definition) is 22. The van der Waals surface area contributed by atoms with Crippen molar-refractivity contribution in [3.05, 3.63) is 0 Å². The predicted molar refractivity (Wildman–Crippen MR) is 372 cm³/mol. The van der Waals surface area contributed by atoms with Crippen molar-refractivity contribution in [1.29, 1.82) is 0 Å². The summed E-state index contributed by atoms with van der Waals surface area (Å²) in [5.74, 6) is -16.0. The zero-order chi connectivity index (χ0) is 78.1. The van der Waals surface area contributed by atoms with E-state index in [-0.39, 0.29) is 63.5 Å². The van der Waals surface area contributed by atoms with Crippen LogP contribution < -0.4 is 104 Å². The summed E-state index contributed by atoms with van der Waals surface area (Å²) in [6.07, 6.45) is 1.73. The molecule has 0 radical (unpaired) electrons. The third kappa shape index (κ3) is 39.3. The molecule has 584 valence electrons. The summed E-state index contributed by atoms with van der Waals surface area (Å²) >= 11 is 0. The van der Waals surface area contributed by atoms with Gasteiger partial charge in [0.15, 0.2) is 5.96 Å². The molecule has 13 amide bonds. The van der Waals surface area contributed by atoms with Crippen LogP contribution in [-0.4, -0.2) is 227 Å². The van der Waals surface area contributed by atoms with Gasteiger partial charge in [-0.2, -0.15) is 0 Å². The van der Waals surface area contributed by atoms with Gasteiger partial charge in [-0.15, -0.1) is 0 Å². The Kier molecular flexibility index (Phi) is 45.4. The van der Waals surface area contributed by atoms with Crippen LogP contribution in [0.25, 0.3) is 0 Å². The van der Waals surface area contributed by atoms with E-state index in [0.29, 0.717) is 58.0 Å². The molecule has 30 N–H and O–H groups in total. The molecule has 0 aromatic rings. The van der Waals surface area contributed by atoms with Crippen LogP contribution in [0.5, 0.6) is 0 Å². The lowest BCUT2D eigenvalue weighted by Crippen LogP contribution is -2.61. The Balaban J connectivity index is 6.98. The maximum atomic E-state index is 14.4. The van der Waals surface area contributed by atoms with Crippen LogP contribution in [0.2, 0.25) is 0 Å². The average Bonchev–Trinajstić information content (AvgIpc) is 0.858. The first-order chi connectivity index (χ1) is 47.6. The number of phosphoric acid groups is 1. The SMILES string of the molecule is CC(C)C[C@H](NC(=O)[C@H](C)NC(=O)[C@H](CCCCN)NC(=O)[C@H](CCCCN)NC(=O)[C@@H](N)CCCCN)C(=O)N[C@@H](CO)C(=O)N[C@@H](CCCN=C(N)N)C(=O)N[C@@H](CCC(N)=O)C(=O)N[C@@H](CC(C)C)C(=O)N[C@@H](COP(=O)(O)O)C(=O)N[C@H](C(=O)N[C@@H](C)C(=O)N[C@@H](C)C(=O)O)C(C)C. The van der Waals surface area contributed by atoms with E-state index in [2.05, 4.69) is 73.3 Å². The van der Waals surface area contributed by atoms with Crippen LogP contribution in [0.4, 0.5) is 0 Å². The molecule has 0 aromatic heterocycles. The molecule has 0 unspecified atom stereocenters. The number of primary amides is 1. The van der Waals surface area contributed by atoms with Crippen molar-refractivity contribution in [2.24, 2.45) is 62.9 Å². The Bertz CT molecular complexity index is 2830. The highest BCUT2D eigenvalue weighted by molar-refractivity contribution is 7.46. The molecule has 41 heteroatoms. The number of nitrogens with zero attached hydrogens (tertiary/aromatic N) is 1. The number of carboxylic acids is 1. The Morgan fingerprint density at radius 3 is 1.17 bits per heavy atom. The molecule has 13 atom stereocenters.